The summed E-state index contributed by atoms with van der Waals surface area (Å²) in [6, 6.07) is 0. The van der Waals surface area contributed by atoms with Crippen LogP contribution in [0.15, 0.2) is 0 Å². The van der Waals surface area contributed by atoms with E-state index in [4.69, 9.17) is 0 Å². The number of piperidine rings is 1. The largest absolute Gasteiger partial charge is 0.307 e. The molecule has 0 bridgehead atoms. The van der Waals surface area contributed by atoms with Crippen LogP contribution >= 0.6 is 0 Å². The van der Waals surface area contributed by atoms with Crippen molar-refractivity contribution in [2.45, 2.75) is 71.9 Å². The van der Waals surface area contributed by atoms with Gasteiger partial charge in [-0.05, 0) is 46.0 Å². The van der Waals surface area contributed by atoms with Gasteiger partial charge in [-0.2, -0.15) is 0 Å². The molecule has 1 N–H and O–H groups in total. The van der Waals surface area contributed by atoms with Gasteiger partial charge in [-0.25, -0.2) is 0 Å². The predicted molar refractivity (Wildman–Crippen MR) is 58.9 cm³/mol. The molecule has 0 spiro atoms. The Bertz CT molecular complexity index is 175. The van der Waals surface area contributed by atoms with Gasteiger partial charge >= 0.3 is 0 Å². The molecular weight excluding hydrogens is 158 g/mol. The molecule has 0 unspecified atom stereocenters. The van der Waals surface area contributed by atoms with E-state index in [0.717, 1.165) is 0 Å². The van der Waals surface area contributed by atoms with Crippen LogP contribution in [0.25, 0.3) is 0 Å². The van der Waals surface area contributed by atoms with E-state index in [9.17, 15) is 0 Å². The van der Waals surface area contributed by atoms with Crippen molar-refractivity contribution in [2.24, 2.45) is 5.41 Å². The molecule has 1 heteroatoms. The van der Waals surface area contributed by atoms with Crippen LogP contribution in [0.5, 0.6) is 0 Å². The van der Waals surface area contributed by atoms with E-state index in [1.54, 1.807) is 0 Å². The average molecular weight is 183 g/mol. The Hall–Kier alpha value is -0.0400. The molecule has 0 aliphatic carbocycles. The van der Waals surface area contributed by atoms with E-state index in [0.29, 0.717) is 16.5 Å². The normalized spacial score (nSPS) is 30.0. The van der Waals surface area contributed by atoms with Gasteiger partial charge in [0.05, 0.1) is 0 Å². The van der Waals surface area contributed by atoms with Crippen molar-refractivity contribution in [2.75, 3.05) is 0 Å². The monoisotopic (exact) mass is 183 g/mol. The Labute approximate surface area is 83.3 Å². The number of hydrogen-bond acceptors (Lipinski definition) is 1. The Kier molecular flexibility index (Phi) is 2.53. The van der Waals surface area contributed by atoms with E-state index in [2.05, 4.69) is 46.9 Å². The van der Waals surface area contributed by atoms with Crippen LogP contribution < -0.4 is 5.32 Å². The zero-order valence-electron chi connectivity index (χ0n) is 10.1. The fourth-order valence-electron chi connectivity index (χ4n) is 3.45. The molecule has 0 aromatic heterocycles. The standard InChI is InChI=1S/C12H25N/c1-7-12(6)8-10(2,3)13-11(4,5)9-12/h13H,7-9H2,1-6H3. The maximum atomic E-state index is 3.72. The van der Waals surface area contributed by atoms with Crippen molar-refractivity contribution in [3.8, 4) is 0 Å². The van der Waals surface area contributed by atoms with Gasteiger partial charge in [0.1, 0.15) is 0 Å². The van der Waals surface area contributed by atoms with Crippen molar-refractivity contribution in [1.29, 1.82) is 0 Å². The van der Waals surface area contributed by atoms with Gasteiger partial charge in [0.25, 0.3) is 0 Å². The lowest BCUT2D eigenvalue weighted by Crippen LogP contribution is -2.60. The molecule has 0 radical (unpaired) electrons. The summed E-state index contributed by atoms with van der Waals surface area (Å²) in [6.45, 7) is 14.0. The first-order valence-corrected chi connectivity index (χ1v) is 5.47. The molecule has 1 nitrogen and oxygen atoms in total. The summed E-state index contributed by atoms with van der Waals surface area (Å²) in [5.74, 6) is 0. The van der Waals surface area contributed by atoms with Gasteiger partial charge in [-0.3, -0.25) is 0 Å². The molecule has 13 heavy (non-hydrogen) atoms. The van der Waals surface area contributed by atoms with Crippen LogP contribution in [0.4, 0.5) is 0 Å². The van der Waals surface area contributed by atoms with E-state index in [1.807, 2.05) is 0 Å². The maximum absolute atomic E-state index is 3.72. The van der Waals surface area contributed by atoms with Crippen LogP contribution in [0, 0.1) is 5.41 Å². The highest BCUT2D eigenvalue weighted by Crippen LogP contribution is 2.43. The maximum Gasteiger partial charge on any atom is 0.0135 e. The van der Waals surface area contributed by atoms with Gasteiger partial charge < -0.3 is 5.32 Å². The van der Waals surface area contributed by atoms with Crippen LogP contribution in [0.2, 0.25) is 0 Å². The molecule has 1 heterocycles. The van der Waals surface area contributed by atoms with Crippen molar-refractivity contribution >= 4 is 0 Å². The van der Waals surface area contributed by atoms with Crippen LogP contribution in [-0.2, 0) is 0 Å². The minimum absolute atomic E-state index is 0.298. The number of nitrogens with one attached hydrogen (secondary N) is 1. The Balaban J connectivity index is 2.84. The molecule has 1 fully saturated rings. The minimum Gasteiger partial charge on any atom is -0.307 e. The summed E-state index contributed by atoms with van der Waals surface area (Å²) in [5.41, 5.74) is 1.12. The van der Waals surface area contributed by atoms with Crippen LogP contribution in [0.3, 0.4) is 0 Å². The van der Waals surface area contributed by atoms with Gasteiger partial charge in [-0.15, -0.1) is 0 Å². The Morgan fingerprint density at radius 2 is 1.31 bits per heavy atom. The van der Waals surface area contributed by atoms with Crippen molar-refractivity contribution in [3.63, 3.8) is 0 Å². The molecule has 0 atom stereocenters. The molecule has 1 rings (SSSR count). The highest BCUT2D eigenvalue weighted by Gasteiger charge is 2.43. The highest BCUT2D eigenvalue weighted by molar-refractivity contribution is 5.01. The molecular formula is C12H25N. The van der Waals surface area contributed by atoms with Crippen molar-refractivity contribution in [1.82, 2.24) is 5.32 Å². The first-order valence-electron chi connectivity index (χ1n) is 5.47. The first-order chi connectivity index (χ1) is 5.68. The predicted octanol–water partition coefficient (Wildman–Crippen LogP) is 3.34. The minimum atomic E-state index is 0.298. The molecule has 1 aliphatic rings. The van der Waals surface area contributed by atoms with Crippen LogP contribution in [-0.4, -0.2) is 11.1 Å². The lowest BCUT2D eigenvalue weighted by Gasteiger charge is -2.51. The molecule has 0 saturated carbocycles. The number of rotatable bonds is 1. The smallest absolute Gasteiger partial charge is 0.0135 e. The fourth-order valence-corrected chi connectivity index (χ4v) is 3.45. The van der Waals surface area contributed by atoms with Gasteiger partial charge in [0.2, 0.25) is 0 Å². The summed E-state index contributed by atoms with van der Waals surface area (Å²) < 4.78 is 0. The summed E-state index contributed by atoms with van der Waals surface area (Å²) in [5, 5.41) is 3.72. The van der Waals surface area contributed by atoms with Crippen molar-refractivity contribution < 1.29 is 0 Å². The molecule has 78 valence electrons. The second-order valence-corrected chi connectivity index (χ2v) is 6.41. The van der Waals surface area contributed by atoms with Gasteiger partial charge in [-0.1, -0.05) is 20.3 Å². The molecule has 0 aromatic rings. The topological polar surface area (TPSA) is 12.0 Å². The summed E-state index contributed by atoms with van der Waals surface area (Å²) in [7, 11) is 0. The first kappa shape index (κ1) is 11.0. The molecule has 1 aliphatic heterocycles. The summed E-state index contributed by atoms with van der Waals surface area (Å²) >= 11 is 0. The van der Waals surface area contributed by atoms with Gasteiger partial charge in [0, 0.05) is 11.1 Å². The van der Waals surface area contributed by atoms with Crippen LogP contribution in [0.1, 0.15) is 60.8 Å². The Morgan fingerprint density at radius 3 is 1.62 bits per heavy atom. The lowest BCUT2D eigenvalue weighted by molar-refractivity contribution is 0.0576. The van der Waals surface area contributed by atoms with E-state index in [-0.39, 0.29) is 0 Å². The molecule has 0 amide bonds. The third-order valence-electron chi connectivity index (χ3n) is 3.27. The quantitative estimate of drug-likeness (QED) is 0.657. The fraction of sp³-hybridized carbons (Fsp3) is 1.00. The second-order valence-electron chi connectivity index (χ2n) is 6.41. The molecule has 0 aromatic carbocycles. The van der Waals surface area contributed by atoms with E-state index in [1.165, 1.54) is 19.3 Å². The zero-order valence-corrected chi connectivity index (χ0v) is 10.1. The third-order valence-corrected chi connectivity index (χ3v) is 3.27. The highest BCUT2D eigenvalue weighted by atomic mass is 15.1. The Morgan fingerprint density at radius 1 is 0.923 bits per heavy atom. The van der Waals surface area contributed by atoms with Gasteiger partial charge in [0.15, 0.2) is 0 Å². The third kappa shape index (κ3) is 2.70. The number of hydrogen-bond donors (Lipinski definition) is 1. The van der Waals surface area contributed by atoms with Crippen molar-refractivity contribution in [3.05, 3.63) is 0 Å². The summed E-state index contributed by atoms with van der Waals surface area (Å²) in [4.78, 5) is 0. The summed E-state index contributed by atoms with van der Waals surface area (Å²) in [6.07, 6.45) is 3.88. The SMILES string of the molecule is CCC1(C)CC(C)(C)NC(C)(C)C1. The average Bonchev–Trinajstić information content (AvgIpc) is 1.79. The second kappa shape index (κ2) is 2.98. The lowest BCUT2D eigenvalue weighted by atomic mass is 9.65. The zero-order chi connectivity index (χ0) is 10.3. The molecule has 1 saturated heterocycles. The van der Waals surface area contributed by atoms with E-state index < -0.39 is 0 Å². The van der Waals surface area contributed by atoms with E-state index >= 15 is 0 Å².